The van der Waals surface area contributed by atoms with Gasteiger partial charge in [0.15, 0.2) is 0 Å². The Morgan fingerprint density at radius 1 is 0.953 bits per heavy atom. The number of aromatic nitrogens is 5. The summed E-state index contributed by atoms with van der Waals surface area (Å²) < 4.78 is 0. The quantitative estimate of drug-likeness (QED) is 0.117. The Balaban J connectivity index is 0.00000207. The van der Waals surface area contributed by atoms with E-state index in [2.05, 4.69) is 74.8 Å². The molecule has 0 aliphatic heterocycles. The summed E-state index contributed by atoms with van der Waals surface area (Å²) in [5.41, 5.74) is 10.2. The van der Waals surface area contributed by atoms with Crippen molar-refractivity contribution in [3.8, 4) is 24.1 Å². The number of nitrogens with zero attached hydrogens (tertiary/aromatic N) is 4. The van der Waals surface area contributed by atoms with Crippen LogP contribution in [0.1, 0.15) is 23.9 Å². The van der Waals surface area contributed by atoms with Crippen LogP contribution >= 0.6 is 0 Å². The molecule has 4 heterocycles. The second-order valence-corrected chi connectivity index (χ2v) is 9.66. The molecule has 0 amide bonds. The maximum Gasteiger partial charge on any atom is 0.115 e. The number of aromatic amines is 1. The summed E-state index contributed by atoms with van der Waals surface area (Å²) in [6, 6.07) is 18.1. The highest BCUT2D eigenvalue weighted by molar-refractivity contribution is 5.89. The van der Waals surface area contributed by atoms with Gasteiger partial charge in [0.2, 0.25) is 0 Å². The van der Waals surface area contributed by atoms with Crippen molar-refractivity contribution in [1.82, 2.24) is 30.2 Å². The van der Waals surface area contributed by atoms with Crippen molar-refractivity contribution in [3.05, 3.63) is 145 Å². The molecule has 0 spiro atoms. The first-order valence-corrected chi connectivity index (χ1v) is 13.8. The minimum Gasteiger partial charge on any atom is -0.388 e. The van der Waals surface area contributed by atoms with Gasteiger partial charge in [-0.1, -0.05) is 49.6 Å². The van der Waals surface area contributed by atoms with Crippen LogP contribution in [0.4, 0.5) is 5.69 Å². The summed E-state index contributed by atoms with van der Waals surface area (Å²) in [4.78, 5) is 21.7. The SMILES string of the molecule is C#C.C=C(Cc1ccccc1)Nc1cncc(C(=C)/C=C(Cc2nc3c(-c4cccnc4)nccc3[nH]2)\C(=C/C)NC)c1. The lowest BCUT2D eigenvalue weighted by Gasteiger charge is -2.13. The van der Waals surface area contributed by atoms with Crippen LogP contribution < -0.4 is 10.6 Å². The molecule has 0 unspecified atom stereocenters. The monoisotopic (exact) mass is 565 g/mol. The topological polar surface area (TPSA) is 91.4 Å². The van der Waals surface area contributed by atoms with Gasteiger partial charge >= 0.3 is 0 Å². The molecule has 5 aromatic rings. The smallest absolute Gasteiger partial charge is 0.115 e. The molecule has 0 bridgehead atoms. The molecule has 0 saturated carbocycles. The fourth-order valence-electron chi connectivity index (χ4n) is 4.75. The average molecular weight is 566 g/mol. The summed E-state index contributed by atoms with van der Waals surface area (Å²) >= 11 is 0. The Morgan fingerprint density at radius 3 is 2.49 bits per heavy atom. The molecule has 0 aliphatic rings. The molecule has 4 aromatic heterocycles. The summed E-state index contributed by atoms with van der Waals surface area (Å²) in [6.07, 6.45) is 22.4. The predicted octanol–water partition coefficient (Wildman–Crippen LogP) is 7.14. The number of benzene rings is 1. The van der Waals surface area contributed by atoms with E-state index < -0.39 is 0 Å². The first kappa shape index (κ1) is 30.2. The minimum absolute atomic E-state index is 0.569. The number of fused-ring (bicyclic) bond motifs is 1. The highest BCUT2D eigenvalue weighted by Gasteiger charge is 2.14. The number of pyridine rings is 3. The van der Waals surface area contributed by atoms with Crippen molar-refractivity contribution >= 4 is 22.3 Å². The van der Waals surface area contributed by atoms with Gasteiger partial charge in [0.25, 0.3) is 0 Å². The van der Waals surface area contributed by atoms with E-state index in [1.165, 1.54) is 5.56 Å². The molecule has 7 nitrogen and oxygen atoms in total. The van der Waals surface area contributed by atoms with Crippen LogP contribution in [-0.2, 0) is 12.8 Å². The van der Waals surface area contributed by atoms with E-state index in [-0.39, 0.29) is 0 Å². The third-order valence-corrected chi connectivity index (χ3v) is 6.69. The number of rotatable bonds is 11. The molecule has 7 heteroatoms. The van der Waals surface area contributed by atoms with Gasteiger partial charge in [-0.2, -0.15) is 0 Å². The molecular weight excluding hydrogens is 530 g/mol. The standard InChI is InChI=1S/C34H33N7.C2H2/c1-5-30(35-4)27(19-32-40-31-13-15-38-33(34(31)41-32)26-12-9-14-36-20-26)16-23(2)28-18-29(22-37-21-28)39-24(3)17-25-10-7-6-8-11-25;1-2/h5-16,18,20-22,35,39H,2-3,17,19H2,1,4H3,(H,40,41);1-2H/b27-16-,30-5+;. The average Bonchev–Trinajstić information content (AvgIpc) is 3.46. The van der Waals surface area contributed by atoms with Gasteiger partial charge < -0.3 is 15.6 Å². The van der Waals surface area contributed by atoms with E-state index in [1.54, 1.807) is 24.8 Å². The normalized spacial score (nSPS) is 11.3. The largest absolute Gasteiger partial charge is 0.388 e. The first-order chi connectivity index (χ1) is 21.0. The third-order valence-electron chi connectivity index (χ3n) is 6.69. The molecule has 0 radical (unpaired) electrons. The zero-order valence-corrected chi connectivity index (χ0v) is 24.5. The molecule has 5 rings (SSSR count). The summed E-state index contributed by atoms with van der Waals surface area (Å²) in [5, 5.41) is 6.70. The van der Waals surface area contributed by atoms with Crippen LogP contribution in [0.3, 0.4) is 0 Å². The third kappa shape index (κ3) is 7.72. The molecule has 3 N–H and O–H groups in total. The lowest BCUT2D eigenvalue weighted by Crippen LogP contribution is -2.11. The highest BCUT2D eigenvalue weighted by atomic mass is 14.9. The predicted molar refractivity (Wildman–Crippen MR) is 178 cm³/mol. The molecule has 1 aromatic carbocycles. The molecule has 214 valence electrons. The van der Waals surface area contributed by atoms with Crippen LogP contribution in [-0.4, -0.2) is 32.0 Å². The number of imidazole rings is 1. The van der Waals surface area contributed by atoms with Crippen molar-refractivity contribution in [1.29, 1.82) is 0 Å². The number of likely N-dealkylation sites (N-methyl/N-ethyl adjacent to an activating group) is 1. The number of anilines is 1. The summed E-state index contributed by atoms with van der Waals surface area (Å²) in [7, 11) is 1.92. The second kappa shape index (κ2) is 14.8. The summed E-state index contributed by atoms with van der Waals surface area (Å²) in [6.45, 7) is 10.6. The molecule has 0 atom stereocenters. The number of H-pyrrole nitrogens is 1. The number of allylic oxidation sites excluding steroid dienone is 5. The fourth-order valence-corrected chi connectivity index (χ4v) is 4.75. The van der Waals surface area contributed by atoms with Gasteiger partial charge in [0.1, 0.15) is 11.3 Å². The number of terminal acetylenes is 1. The Morgan fingerprint density at radius 2 is 1.77 bits per heavy atom. The van der Waals surface area contributed by atoms with Gasteiger partial charge in [-0.15, -0.1) is 12.8 Å². The van der Waals surface area contributed by atoms with E-state index in [4.69, 9.17) is 4.98 Å². The maximum atomic E-state index is 4.94. The van der Waals surface area contributed by atoms with Crippen molar-refractivity contribution in [3.63, 3.8) is 0 Å². The molecule has 0 saturated heterocycles. The van der Waals surface area contributed by atoms with Gasteiger partial charge in [0.05, 0.1) is 23.1 Å². The Kier molecular flexibility index (Phi) is 10.4. The Bertz CT molecular complexity index is 1780. The molecule has 0 aliphatic carbocycles. The van der Waals surface area contributed by atoms with Crippen LogP contribution in [0.15, 0.2) is 128 Å². The van der Waals surface area contributed by atoms with Crippen molar-refractivity contribution in [2.24, 2.45) is 0 Å². The lowest BCUT2D eigenvalue weighted by atomic mass is 10.0. The minimum atomic E-state index is 0.569. The molecule has 0 fully saturated rings. The Labute approximate surface area is 253 Å². The van der Waals surface area contributed by atoms with Crippen LogP contribution in [0.2, 0.25) is 0 Å². The fraction of sp³-hybridized carbons (Fsp3) is 0.111. The Hall–Kier alpha value is -5.74. The number of hydrogen-bond donors (Lipinski definition) is 3. The maximum absolute atomic E-state index is 4.94. The van der Waals surface area contributed by atoms with Crippen molar-refractivity contribution in [2.75, 3.05) is 12.4 Å². The number of nitrogens with one attached hydrogen (secondary N) is 3. The van der Waals surface area contributed by atoms with E-state index in [0.29, 0.717) is 6.42 Å². The zero-order chi connectivity index (χ0) is 30.6. The van der Waals surface area contributed by atoms with Crippen molar-refractivity contribution in [2.45, 2.75) is 19.8 Å². The second-order valence-electron chi connectivity index (χ2n) is 9.66. The van der Waals surface area contributed by atoms with Gasteiger partial charge in [0, 0.05) is 67.2 Å². The lowest BCUT2D eigenvalue weighted by molar-refractivity contribution is 0.933. The van der Waals surface area contributed by atoms with Crippen LogP contribution in [0.5, 0.6) is 0 Å². The van der Waals surface area contributed by atoms with Gasteiger partial charge in [-0.25, -0.2) is 4.98 Å². The summed E-state index contributed by atoms with van der Waals surface area (Å²) in [5.74, 6) is 0.831. The first-order valence-electron chi connectivity index (χ1n) is 13.8. The van der Waals surface area contributed by atoms with Gasteiger partial charge in [-0.3, -0.25) is 15.0 Å². The zero-order valence-electron chi connectivity index (χ0n) is 24.5. The van der Waals surface area contributed by atoms with Gasteiger partial charge in [-0.05, 0) is 54.0 Å². The van der Waals surface area contributed by atoms with Crippen molar-refractivity contribution < 1.29 is 0 Å². The van der Waals surface area contributed by atoms with Crippen LogP contribution in [0, 0.1) is 12.8 Å². The molecule has 43 heavy (non-hydrogen) atoms. The van der Waals surface area contributed by atoms with Crippen LogP contribution in [0.25, 0.3) is 27.9 Å². The van der Waals surface area contributed by atoms with E-state index in [0.717, 1.165) is 68.3 Å². The van der Waals surface area contributed by atoms with E-state index >= 15 is 0 Å². The number of hydrogen-bond acceptors (Lipinski definition) is 6. The van der Waals surface area contributed by atoms with E-state index in [1.807, 2.05) is 68.7 Å². The molecular formula is C36H35N7. The highest BCUT2D eigenvalue weighted by Crippen LogP contribution is 2.27. The van der Waals surface area contributed by atoms with E-state index in [9.17, 15) is 0 Å².